The van der Waals surface area contributed by atoms with E-state index in [0.29, 0.717) is 28.1 Å². The molecule has 0 bridgehead atoms. The number of nitrogens with one attached hydrogen (secondary N) is 3. The molecular formula is C37H32F3N5O7. The zero-order chi connectivity index (χ0) is 37.4. The van der Waals surface area contributed by atoms with Gasteiger partial charge in [0, 0.05) is 22.9 Å². The van der Waals surface area contributed by atoms with Gasteiger partial charge in [0.15, 0.2) is 0 Å². The Bertz CT molecular complexity index is 2150. The van der Waals surface area contributed by atoms with Crippen molar-refractivity contribution in [2.75, 3.05) is 30.3 Å². The van der Waals surface area contributed by atoms with Gasteiger partial charge >= 0.3 is 18.1 Å². The molecule has 268 valence electrons. The summed E-state index contributed by atoms with van der Waals surface area (Å²) in [7, 11) is 0. The maximum atomic E-state index is 14.1. The van der Waals surface area contributed by atoms with Crippen LogP contribution in [0.1, 0.15) is 47.9 Å². The number of pyridine rings is 1. The van der Waals surface area contributed by atoms with Gasteiger partial charge in [0.25, 0.3) is 5.91 Å². The third-order valence-electron chi connectivity index (χ3n) is 7.74. The summed E-state index contributed by atoms with van der Waals surface area (Å²) in [5.74, 6) is -4.51. The zero-order valence-electron chi connectivity index (χ0n) is 27.6. The Morgan fingerprint density at radius 3 is 2.33 bits per heavy atom. The fourth-order valence-corrected chi connectivity index (χ4v) is 5.21. The summed E-state index contributed by atoms with van der Waals surface area (Å²) in [5, 5.41) is 7.11. The van der Waals surface area contributed by atoms with Crippen molar-refractivity contribution >= 4 is 46.4 Å². The number of fused-ring (bicyclic) bond motifs is 1. The van der Waals surface area contributed by atoms with Gasteiger partial charge in [-0.05, 0) is 61.0 Å². The Kier molecular flexibility index (Phi) is 11.3. The van der Waals surface area contributed by atoms with Crippen molar-refractivity contribution in [3.63, 3.8) is 0 Å². The fourth-order valence-electron chi connectivity index (χ4n) is 5.21. The molecule has 5 aromatic rings. The number of alkyl halides is 3. The van der Waals surface area contributed by atoms with Crippen LogP contribution in [0.3, 0.4) is 0 Å². The van der Waals surface area contributed by atoms with Crippen LogP contribution in [-0.2, 0) is 20.9 Å². The summed E-state index contributed by atoms with van der Waals surface area (Å²) in [6, 6.07) is 23.1. The number of halogens is 3. The molecule has 12 nitrogen and oxygen atoms in total. The van der Waals surface area contributed by atoms with Crippen molar-refractivity contribution in [2.45, 2.75) is 19.7 Å². The number of amides is 3. The van der Waals surface area contributed by atoms with Gasteiger partial charge in [0.1, 0.15) is 19.0 Å². The van der Waals surface area contributed by atoms with Crippen LogP contribution in [0.2, 0.25) is 0 Å². The van der Waals surface area contributed by atoms with E-state index in [1.165, 1.54) is 16.5 Å². The van der Waals surface area contributed by atoms with Crippen LogP contribution in [0.4, 0.5) is 24.5 Å². The first-order valence-electron chi connectivity index (χ1n) is 15.8. The van der Waals surface area contributed by atoms with Gasteiger partial charge in [-0.25, -0.2) is 4.79 Å². The number of benzene rings is 3. The van der Waals surface area contributed by atoms with Crippen LogP contribution in [-0.4, -0.2) is 59.7 Å². The number of rotatable bonds is 13. The van der Waals surface area contributed by atoms with E-state index in [4.69, 9.17) is 15.2 Å². The molecule has 0 atom stereocenters. The molecule has 0 spiro atoms. The highest BCUT2D eigenvalue weighted by atomic mass is 19.4. The second kappa shape index (κ2) is 16.0. The van der Waals surface area contributed by atoms with Crippen LogP contribution in [0, 0.1) is 6.92 Å². The molecule has 0 unspecified atom stereocenters. The number of aromatic nitrogens is 1. The number of carbonyl (C=O) groups excluding carboxylic acids is 5. The number of anilines is 2. The molecule has 2 heterocycles. The molecular weight excluding hydrogens is 683 g/mol. The second-order valence-electron chi connectivity index (χ2n) is 11.3. The van der Waals surface area contributed by atoms with Gasteiger partial charge in [-0.3, -0.25) is 19.2 Å². The number of hydrogen-bond donors (Lipinski definition) is 4. The molecule has 3 amide bonds. The summed E-state index contributed by atoms with van der Waals surface area (Å²) < 4.78 is 51.9. The van der Waals surface area contributed by atoms with E-state index in [1.807, 2.05) is 0 Å². The average molecular weight is 716 g/mol. The lowest BCUT2D eigenvalue weighted by Crippen LogP contribution is -2.33. The lowest BCUT2D eigenvalue weighted by molar-refractivity contribution is -0.167. The molecule has 0 aliphatic carbocycles. The molecule has 2 aromatic heterocycles. The Balaban J connectivity index is 1.43. The van der Waals surface area contributed by atoms with Crippen LogP contribution in [0.25, 0.3) is 5.52 Å². The topological polar surface area (TPSA) is 170 Å². The van der Waals surface area contributed by atoms with Crippen LogP contribution < -0.4 is 26.4 Å². The third kappa shape index (κ3) is 8.62. The smallest absolute Gasteiger partial charge is 0.471 e. The zero-order valence-corrected chi connectivity index (χ0v) is 27.6. The van der Waals surface area contributed by atoms with Crippen molar-refractivity contribution in [2.24, 2.45) is 5.73 Å². The SMILES string of the molecule is Cc1c(NC(=O)c2cccc(OCCNC(=O)CN)c2)c2ccccn2c1C(=O)c1ccc(NC(=O)C(F)(F)F)c(C(=O)OCc2ccccc2)c1. The maximum absolute atomic E-state index is 14.1. The van der Waals surface area contributed by atoms with E-state index in [0.717, 1.165) is 12.1 Å². The highest BCUT2D eigenvalue weighted by Crippen LogP contribution is 2.32. The Morgan fingerprint density at radius 2 is 1.60 bits per heavy atom. The molecule has 0 saturated heterocycles. The second-order valence-corrected chi connectivity index (χ2v) is 11.3. The van der Waals surface area contributed by atoms with Gasteiger partial charge in [-0.2, -0.15) is 13.2 Å². The fraction of sp³-hybridized carbons (Fsp3) is 0.162. The molecule has 15 heteroatoms. The highest BCUT2D eigenvalue weighted by Gasteiger charge is 2.39. The molecule has 0 saturated carbocycles. The summed E-state index contributed by atoms with van der Waals surface area (Å²) >= 11 is 0. The molecule has 5 N–H and O–H groups in total. The minimum absolute atomic E-state index is 0.0955. The Hall–Kier alpha value is -6.48. The van der Waals surface area contributed by atoms with Crippen molar-refractivity contribution in [3.8, 4) is 5.75 Å². The monoisotopic (exact) mass is 715 g/mol. The summed E-state index contributed by atoms with van der Waals surface area (Å²) in [6.07, 6.45) is -3.66. The number of carbonyl (C=O) groups is 5. The maximum Gasteiger partial charge on any atom is 0.471 e. The highest BCUT2D eigenvalue weighted by molar-refractivity contribution is 6.15. The van der Waals surface area contributed by atoms with Gasteiger partial charge < -0.3 is 35.6 Å². The molecule has 5 rings (SSSR count). The predicted octanol–water partition coefficient (Wildman–Crippen LogP) is 5.04. The number of ketones is 1. The first-order chi connectivity index (χ1) is 24.9. The van der Waals surface area contributed by atoms with Crippen molar-refractivity contribution in [1.29, 1.82) is 0 Å². The Labute approximate surface area is 294 Å². The lowest BCUT2D eigenvalue weighted by Gasteiger charge is -2.14. The predicted molar refractivity (Wildman–Crippen MR) is 184 cm³/mol. The van der Waals surface area contributed by atoms with Gasteiger partial charge in [0.05, 0.1) is 41.2 Å². The summed E-state index contributed by atoms with van der Waals surface area (Å²) in [4.78, 5) is 63.9. The molecule has 0 fully saturated rings. The van der Waals surface area contributed by atoms with Crippen molar-refractivity contribution in [1.82, 2.24) is 9.72 Å². The van der Waals surface area contributed by atoms with E-state index in [2.05, 4.69) is 10.6 Å². The van der Waals surface area contributed by atoms with Crippen LogP contribution >= 0.6 is 0 Å². The number of nitrogens with two attached hydrogens (primary N) is 1. The summed E-state index contributed by atoms with van der Waals surface area (Å²) in [5.41, 5.74) is 6.24. The molecule has 0 aliphatic heterocycles. The lowest BCUT2D eigenvalue weighted by atomic mass is 10.0. The number of hydrogen-bond acceptors (Lipinski definition) is 8. The third-order valence-corrected chi connectivity index (χ3v) is 7.74. The number of nitrogens with zero attached hydrogens (tertiary/aromatic N) is 1. The average Bonchev–Trinajstić information content (AvgIpc) is 3.42. The quantitative estimate of drug-likeness (QED) is 0.0747. The molecule has 3 aromatic carbocycles. The first-order valence-corrected chi connectivity index (χ1v) is 15.8. The summed E-state index contributed by atoms with van der Waals surface area (Å²) in [6.45, 7) is 1.57. The van der Waals surface area contributed by atoms with Crippen molar-refractivity contribution < 1.29 is 46.6 Å². The minimum Gasteiger partial charge on any atom is -0.492 e. The van der Waals surface area contributed by atoms with Gasteiger partial charge in [-0.15, -0.1) is 0 Å². The van der Waals surface area contributed by atoms with Gasteiger partial charge in [0.2, 0.25) is 11.7 Å². The molecule has 0 radical (unpaired) electrons. The molecule has 52 heavy (non-hydrogen) atoms. The standard InChI is InChI=1S/C37H32F3N5O7/c1-22-31(44-34(48)25-10-7-11-26(18-25)51-17-15-42-30(46)20-41)29-12-5-6-16-45(29)32(22)33(47)24-13-14-28(43-36(50)37(38,39)40)27(19-24)35(49)52-21-23-8-3-2-4-9-23/h2-14,16,18-19H,15,17,20-21,41H2,1H3,(H,42,46)(H,43,50)(H,44,48). The van der Waals surface area contributed by atoms with E-state index < -0.39 is 41.0 Å². The van der Waals surface area contributed by atoms with Crippen LogP contribution in [0.15, 0.2) is 97.2 Å². The first kappa shape index (κ1) is 36.8. The van der Waals surface area contributed by atoms with Gasteiger partial charge in [-0.1, -0.05) is 42.5 Å². The minimum atomic E-state index is -5.25. The van der Waals surface area contributed by atoms with E-state index in [-0.39, 0.29) is 49.0 Å². The van der Waals surface area contributed by atoms with Crippen LogP contribution in [0.5, 0.6) is 5.75 Å². The molecule has 0 aliphatic rings. The normalized spacial score (nSPS) is 11.1. The number of esters is 1. The van der Waals surface area contributed by atoms with E-state index >= 15 is 0 Å². The van der Waals surface area contributed by atoms with E-state index in [9.17, 15) is 37.1 Å². The van der Waals surface area contributed by atoms with E-state index in [1.54, 1.807) is 85.2 Å². The largest absolute Gasteiger partial charge is 0.492 e. The van der Waals surface area contributed by atoms with Crippen molar-refractivity contribution in [3.05, 3.63) is 131 Å². The number of ether oxygens (including phenoxy) is 2. The Morgan fingerprint density at radius 1 is 0.846 bits per heavy atom.